The molecule has 0 N–H and O–H groups in total. The fourth-order valence-electron chi connectivity index (χ4n) is 3.44. The summed E-state index contributed by atoms with van der Waals surface area (Å²) in [7, 11) is 2.22. The van der Waals surface area contributed by atoms with Crippen molar-refractivity contribution in [2.75, 3.05) is 33.3 Å². The molecule has 3 rings (SSSR count). The normalized spacial score (nSPS) is 36.1. The van der Waals surface area contributed by atoms with E-state index in [4.69, 9.17) is 4.74 Å². The van der Waals surface area contributed by atoms with Crippen molar-refractivity contribution >= 4 is 22.9 Å². The van der Waals surface area contributed by atoms with Crippen LogP contribution in [0.2, 0.25) is 0 Å². The lowest BCUT2D eigenvalue weighted by Gasteiger charge is -2.37. The molecule has 3 aliphatic rings. The van der Waals surface area contributed by atoms with Gasteiger partial charge in [0.2, 0.25) is 0 Å². The van der Waals surface area contributed by atoms with Crippen LogP contribution in [0.25, 0.3) is 0 Å². The molecule has 0 aromatic carbocycles. The Morgan fingerprint density at radius 2 is 2.26 bits per heavy atom. The predicted molar refractivity (Wildman–Crippen MR) is 86.0 cm³/mol. The molecule has 0 saturated carbocycles. The zero-order valence-corrected chi connectivity index (χ0v) is 13.8. The first kappa shape index (κ1) is 13.9. The fourth-order valence-corrected chi connectivity index (χ4v) is 4.18. The van der Waals surface area contributed by atoms with Gasteiger partial charge < -0.3 is 9.64 Å². The van der Waals surface area contributed by atoms with E-state index >= 15 is 0 Å². The van der Waals surface area contributed by atoms with Crippen LogP contribution in [0.1, 0.15) is 19.3 Å². The molecule has 0 radical (unpaired) electrons. The van der Waals surface area contributed by atoms with Gasteiger partial charge in [-0.15, -0.1) is 0 Å². The Hall–Kier alpha value is -0.0700. The van der Waals surface area contributed by atoms with Crippen LogP contribution in [-0.2, 0) is 4.74 Å². The van der Waals surface area contributed by atoms with Crippen molar-refractivity contribution in [1.82, 2.24) is 8.01 Å². The second-order valence-electron chi connectivity index (χ2n) is 5.97. The van der Waals surface area contributed by atoms with Crippen molar-refractivity contribution in [3.05, 3.63) is 24.0 Å². The van der Waals surface area contributed by atoms with Gasteiger partial charge in [0.15, 0.2) is 0 Å². The molecule has 19 heavy (non-hydrogen) atoms. The van der Waals surface area contributed by atoms with Crippen LogP contribution >= 0.6 is 22.9 Å². The lowest BCUT2D eigenvalue weighted by Crippen LogP contribution is -2.37. The van der Waals surface area contributed by atoms with Crippen LogP contribution in [-0.4, -0.2) is 47.3 Å². The molecule has 3 nitrogen and oxygen atoms in total. The monoisotopic (exact) mass is 374 g/mol. The van der Waals surface area contributed by atoms with Crippen LogP contribution in [0.15, 0.2) is 24.0 Å². The Labute approximate surface area is 130 Å². The van der Waals surface area contributed by atoms with E-state index in [1.807, 2.05) is 0 Å². The third-order valence-electron chi connectivity index (χ3n) is 4.71. The maximum absolute atomic E-state index is 6.19. The van der Waals surface area contributed by atoms with E-state index in [1.54, 1.807) is 0 Å². The summed E-state index contributed by atoms with van der Waals surface area (Å²) in [5.41, 5.74) is 0. The van der Waals surface area contributed by atoms with Gasteiger partial charge in [-0.1, -0.05) is 12.2 Å². The van der Waals surface area contributed by atoms with Gasteiger partial charge in [0.25, 0.3) is 0 Å². The first-order valence-corrected chi connectivity index (χ1v) is 8.32. The number of ether oxygens (including phenoxy) is 1. The minimum absolute atomic E-state index is 0.614. The second kappa shape index (κ2) is 6.14. The maximum Gasteiger partial charge on any atom is 0.103 e. The van der Waals surface area contributed by atoms with E-state index in [-0.39, 0.29) is 0 Å². The quantitative estimate of drug-likeness (QED) is 0.558. The zero-order valence-electron chi connectivity index (χ0n) is 11.6. The number of nitrogens with zero attached hydrogens (tertiary/aromatic N) is 2. The Morgan fingerprint density at radius 3 is 3.05 bits per heavy atom. The highest BCUT2D eigenvalue weighted by Gasteiger charge is 2.32. The molecule has 2 heterocycles. The van der Waals surface area contributed by atoms with E-state index < -0.39 is 0 Å². The molecule has 0 aromatic rings. The maximum atomic E-state index is 6.19. The van der Waals surface area contributed by atoms with Gasteiger partial charge in [-0.05, 0) is 38.9 Å². The van der Waals surface area contributed by atoms with Crippen molar-refractivity contribution in [2.24, 2.45) is 11.8 Å². The molecule has 3 atom stereocenters. The van der Waals surface area contributed by atoms with E-state index in [2.05, 4.69) is 56.2 Å². The van der Waals surface area contributed by atoms with Crippen molar-refractivity contribution in [2.45, 2.75) is 25.3 Å². The third kappa shape index (κ3) is 3.16. The Balaban J connectivity index is 1.58. The molecule has 2 aliphatic heterocycles. The number of halogens is 1. The average molecular weight is 374 g/mol. The molecule has 0 aromatic heterocycles. The largest absolute Gasteiger partial charge is 0.496 e. The summed E-state index contributed by atoms with van der Waals surface area (Å²) in [6, 6.07) is 0.620. The summed E-state index contributed by atoms with van der Waals surface area (Å²) in [6.45, 7) is 4.43. The standard InChI is InChI=1S/C15H23IN2O/c1-17-8-3-5-13(17)11-19-15-6-2-4-12-10-18(16)9-7-14(12)15/h2,4,6,12-14H,3,5,7-11H2,1H3/t12?,13-,14?/m0/s1. The average Bonchev–Trinajstić information content (AvgIpc) is 2.81. The molecular formula is C15H23IN2O. The van der Waals surface area contributed by atoms with Crippen LogP contribution < -0.4 is 0 Å². The van der Waals surface area contributed by atoms with Crippen LogP contribution in [0.3, 0.4) is 0 Å². The van der Waals surface area contributed by atoms with Gasteiger partial charge in [0.1, 0.15) is 6.61 Å². The minimum Gasteiger partial charge on any atom is -0.496 e. The Kier molecular flexibility index (Phi) is 4.49. The van der Waals surface area contributed by atoms with Gasteiger partial charge in [0, 0.05) is 53.8 Å². The van der Waals surface area contributed by atoms with E-state index in [0.717, 1.165) is 13.2 Å². The number of hydrogen-bond acceptors (Lipinski definition) is 3. The van der Waals surface area contributed by atoms with Gasteiger partial charge in [0.05, 0.1) is 5.76 Å². The molecule has 0 spiro atoms. The highest BCUT2D eigenvalue weighted by atomic mass is 127. The number of hydrogen-bond donors (Lipinski definition) is 0. The molecule has 106 valence electrons. The molecule has 0 amide bonds. The molecule has 0 bridgehead atoms. The Morgan fingerprint density at radius 1 is 1.37 bits per heavy atom. The first-order chi connectivity index (χ1) is 9.24. The molecule has 2 saturated heterocycles. The number of piperidine rings is 1. The van der Waals surface area contributed by atoms with Gasteiger partial charge >= 0.3 is 0 Å². The smallest absolute Gasteiger partial charge is 0.103 e. The van der Waals surface area contributed by atoms with E-state index in [9.17, 15) is 0 Å². The summed E-state index contributed by atoms with van der Waals surface area (Å²) in [6.07, 6.45) is 10.6. The fraction of sp³-hybridized carbons (Fsp3) is 0.733. The van der Waals surface area contributed by atoms with Gasteiger partial charge in [-0.25, -0.2) is 3.11 Å². The molecular weight excluding hydrogens is 351 g/mol. The van der Waals surface area contributed by atoms with Crippen LogP contribution in [0, 0.1) is 11.8 Å². The summed E-state index contributed by atoms with van der Waals surface area (Å²) in [5.74, 6) is 2.49. The third-order valence-corrected chi connectivity index (χ3v) is 5.58. The number of fused-ring (bicyclic) bond motifs is 1. The number of likely N-dealkylation sites (tertiary alicyclic amines) is 1. The molecule has 2 unspecified atom stereocenters. The lowest BCUT2D eigenvalue weighted by molar-refractivity contribution is 0.0963. The molecule has 2 fully saturated rings. The predicted octanol–water partition coefficient (Wildman–Crippen LogP) is 2.84. The van der Waals surface area contributed by atoms with E-state index in [0.29, 0.717) is 17.9 Å². The van der Waals surface area contributed by atoms with Crippen molar-refractivity contribution in [1.29, 1.82) is 0 Å². The Bertz CT molecular complexity index is 382. The summed E-state index contributed by atoms with van der Waals surface area (Å²) in [5, 5.41) is 0. The van der Waals surface area contributed by atoms with E-state index in [1.165, 1.54) is 38.1 Å². The van der Waals surface area contributed by atoms with Gasteiger partial charge in [-0.3, -0.25) is 0 Å². The summed E-state index contributed by atoms with van der Waals surface area (Å²) >= 11 is 2.44. The SMILES string of the molecule is CN1CCC[C@H]1COC1=CC=CC2CN(I)CCC12. The number of rotatable bonds is 3. The van der Waals surface area contributed by atoms with Crippen LogP contribution in [0.4, 0.5) is 0 Å². The summed E-state index contributed by atoms with van der Waals surface area (Å²) in [4.78, 5) is 2.43. The highest BCUT2D eigenvalue weighted by Crippen LogP contribution is 2.35. The minimum atomic E-state index is 0.614. The number of likely N-dealkylation sites (N-methyl/N-ethyl adjacent to an activating group) is 1. The second-order valence-corrected chi connectivity index (χ2v) is 7.33. The topological polar surface area (TPSA) is 15.7 Å². The molecule has 1 aliphatic carbocycles. The van der Waals surface area contributed by atoms with Crippen molar-refractivity contribution in [3.8, 4) is 0 Å². The molecule has 4 heteroatoms. The highest BCUT2D eigenvalue weighted by molar-refractivity contribution is 14.1. The summed E-state index contributed by atoms with van der Waals surface area (Å²) < 4.78 is 8.59. The number of allylic oxidation sites excluding steroid dienone is 3. The first-order valence-electron chi connectivity index (χ1n) is 7.36. The lowest BCUT2D eigenvalue weighted by atomic mass is 9.82. The van der Waals surface area contributed by atoms with Crippen molar-refractivity contribution < 1.29 is 4.74 Å². The zero-order chi connectivity index (χ0) is 13.2. The van der Waals surface area contributed by atoms with Crippen LogP contribution in [0.5, 0.6) is 0 Å². The van der Waals surface area contributed by atoms with Gasteiger partial charge in [-0.2, -0.15) is 0 Å². The van der Waals surface area contributed by atoms with Crippen molar-refractivity contribution in [3.63, 3.8) is 0 Å².